The van der Waals surface area contributed by atoms with Gasteiger partial charge in [-0.1, -0.05) is 6.42 Å². The first-order chi connectivity index (χ1) is 11.5. The summed E-state index contributed by atoms with van der Waals surface area (Å²) in [7, 11) is 0. The second-order valence-electron chi connectivity index (χ2n) is 5.59. The minimum absolute atomic E-state index is 0.184. The van der Waals surface area contributed by atoms with Crippen molar-refractivity contribution >= 4 is 11.9 Å². The molecular weight excluding hydrogens is 312 g/mol. The van der Waals surface area contributed by atoms with Crippen molar-refractivity contribution in [2.75, 3.05) is 0 Å². The molecule has 0 saturated carbocycles. The Morgan fingerprint density at radius 3 is 2.50 bits per heavy atom. The van der Waals surface area contributed by atoms with Gasteiger partial charge in [-0.05, 0) is 39.2 Å². The van der Waals surface area contributed by atoms with Gasteiger partial charge in [0.25, 0.3) is 0 Å². The van der Waals surface area contributed by atoms with Crippen LogP contribution in [0.2, 0.25) is 0 Å². The molecule has 0 aromatic carbocycles. The number of rotatable bonds is 9. The predicted molar refractivity (Wildman–Crippen MR) is 86.3 cm³/mol. The van der Waals surface area contributed by atoms with E-state index in [0.29, 0.717) is 19.5 Å². The molecule has 0 radical (unpaired) electrons. The van der Waals surface area contributed by atoms with E-state index < -0.39 is 11.9 Å². The van der Waals surface area contributed by atoms with Gasteiger partial charge in [0.15, 0.2) is 0 Å². The molecule has 0 unspecified atom stereocenters. The first-order valence-electron chi connectivity index (χ1n) is 8.00. The number of hydrogen-bond donors (Lipinski definition) is 2. The van der Waals surface area contributed by atoms with Crippen molar-refractivity contribution in [2.45, 2.75) is 52.6 Å². The number of carboxylic acid groups (broad SMARTS) is 2. The third kappa shape index (κ3) is 3.81. The lowest BCUT2D eigenvalue weighted by atomic mass is 10.0. The van der Waals surface area contributed by atoms with E-state index in [4.69, 9.17) is 5.11 Å². The van der Waals surface area contributed by atoms with Gasteiger partial charge < -0.3 is 10.2 Å². The summed E-state index contributed by atoms with van der Waals surface area (Å²) in [5.74, 6) is -1.93. The molecule has 8 nitrogen and oxygen atoms in total. The summed E-state index contributed by atoms with van der Waals surface area (Å²) in [6, 6.07) is 1.48. The SMILES string of the molecule is CCn1nc(C)c(CCCCCn2nccc2C(=O)O)c1C(=O)O. The highest BCUT2D eigenvalue weighted by molar-refractivity contribution is 5.87. The third-order valence-electron chi connectivity index (χ3n) is 3.99. The Kier molecular flexibility index (Phi) is 5.73. The van der Waals surface area contributed by atoms with Gasteiger partial charge in [-0.15, -0.1) is 0 Å². The van der Waals surface area contributed by atoms with Crippen LogP contribution in [0.3, 0.4) is 0 Å². The zero-order valence-electron chi connectivity index (χ0n) is 13.9. The average Bonchev–Trinajstić information content (AvgIpc) is 3.11. The molecule has 2 heterocycles. The summed E-state index contributed by atoms with van der Waals surface area (Å²) < 4.78 is 3.00. The van der Waals surface area contributed by atoms with Gasteiger partial charge in [0.2, 0.25) is 0 Å². The third-order valence-corrected chi connectivity index (χ3v) is 3.99. The molecule has 0 aliphatic carbocycles. The molecule has 130 valence electrons. The van der Waals surface area contributed by atoms with Crippen molar-refractivity contribution < 1.29 is 19.8 Å². The molecule has 0 bridgehead atoms. The van der Waals surface area contributed by atoms with E-state index in [2.05, 4.69) is 10.2 Å². The molecule has 2 aromatic heterocycles. The molecule has 0 spiro atoms. The Hall–Kier alpha value is -2.64. The number of unbranched alkanes of at least 4 members (excludes halogenated alkanes) is 2. The summed E-state index contributed by atoms with van der Waals surface area (Å²) in [6.45, 7) is 4.76. The second-order valence-corrected chi connectivity index (χ2v) is 5.59. The largest absolute Gasteiger partial charge is 0.477 e. The van der Waals surface area contributed by atoms with E-state index in [1.54, 1.807) is 0 Å². The Labute approximate surface area is 139 Å². The van der Waals surface area contributed by atoms with Gasteiger partial charge in [0.05, 0.1) is 5.69 Å². The zero-order valence-corrected chi connectivity index (χ0v) is 13.9. The normalized spacial score (nSPS) is 10.9. The van der Waals surface area contributed by atoms with E-state index in [1.807, 2.05) is 13.8 Å². The van der Waals surface area contributed by atoms with Crippen LogP contribution < -0.4 is 0 Å². The van der Waals surface area contributed by atoms with Crippen molar-refractivity contribution in [1.29, 1.82) is 0 Å². The van der Waals surface area contributed by atoms with Gasteiger partial charge in [0.1, 0.15) is 11.4 Å². The van der Waals surface area contributed by atoms with Gasteiger partial charge in [-0.3, -0.25) is 9.36 Å². The average molecular weight is 334 g/mol. The fourth-order valence-electron chi connectivity index (χ4n) is 2.82. The highest BCUT2D eigenvalue weighted by Crippen LogP contribution is 2.18. The van der Waals surface area contributed by atoms with E-state index >= 15 is 0 Å². The summed E-state index contributed by atoms with van der Waals surface area (Å²) in [6.07, 6.45) is 4.59. The minimum atomic E-state index is -0.985. The fourth-order valence-corrected chi connectivity index (χ4v) is 2.82. The number of carboxylic acids is 2. The van der Waals surface area contributed by atoms with Crippen molar-refractivity contribution in [3.63, 3.8) is 0 Å². The lowest BCUT2D eigenvalue weighted by Gasteiger charge is -2.06. The van der Waals surface area contributed by atoms with Crippen molar-refractivity contribution in [3.8, 4) is 0 Å². The van der Waals surface area contributed by atoms with Gasteiger partial charge in [-0.25, -0.2) is 9.59 Å². The smallest absolute Gasteiger partial charge is 0.354 e. The first kappa shape index (κ1) is 17.7. The Morgan fingerprint density at radius 2 is 1.88 bits per heavy atom. The van der Waals surface area contributed by atoms with Gasteiger partial charge >= 0.3 is 11.9 Å². The lowest BCUT2D eigenvalue weighted by molar-refractivity contribution is 0.0672. The van der Waals surface area contributed by atoms with Crippen LogP contribution in [-0.4, -0.2) is 41.7 Å². The number of aromatic nitrogens is 4. The number of carbonyl (C=O) groups is 2. The standard InChI is InChI=1S/C16H22N4O4/c1-3-19-14(16(23)24)12(11(2)18-19)7-5-4-6-10-20-13(15(21)22)8-9-17-20/h8-9H,3-7,10H2,1-2H3,(H,21,22)(H,23,24). The Bertz CT molecular complexity index is 733. The van der Waals surface area contributed by atoms with Crippen LogP contribution in [-0.2, 0) is 19.5 Å². The second kappa shape index (κ2) is 7.76. The van der Waals surface area contributed by atoms with E-state index in [1.165, 1.54) is 21.6 Å². The predicted octanol–water partition coefficient (Wildman–Crippen LogP) is 2.22. The molecule has 0 atom stereocenters. The van der Waals surface area contributed by atoms with Crippen LogP contribution >= 0.6 is 0 Å². The van der Waals surface area contributed by atoms with Crippen molar-refractivity contribution in [2.24, 2.45) is 0 Å². The summed E-state index contributed by atoms with van der Waals surface area (Å²) in [5.41, 5.74) is 2.00. The monoisotopic (exact) mass is 334 g/mol. The molecule has 8 heteroatoms. The van der Waals surface area contributed by atoms with Gasteiger partial charge in [0, 0.05) is 24.8 Å². The highest BCUT2D eigenvalue weighted by Gasteiger charge is 2.19. The number of hydrogen-bond acceptors (Lipinski definition) is 4. The number of aromatic carboxylic acids is 2. The maximum Gasteiger partial charge on any atom is 0.354 e. The topological polar surface area (TPSA) is 110 Å². The van der Waals surface area contributed by atoms with Crippen molar-refractivity contribution in [1.82, 2.24) is 19.6 Å². The molecule has 2 N–H and O–H groups in total. The van der Waals surface area contributed by atoms with Crippen LogP contribution in [0, 0.1) is 6.92 Å². The quantitative estimate of drug-likeness (QED) is 0.680. The van der Waals surface area contributed by atoms with E-state index in [9.17, 15) is 14.7 Å². The summed E-state index contributed by atoms with van der Waals surface area (Å²) in [5, 5.41) is 26.7. The molecular formula is C16H22N4O4. The molecule has 0 aliphatic heterocycles. The van der Waals surface area contributed by atoms with Crippen LogP contribution in [0.25, 0.3) is 0 Å². The maximum atomic E-state index is 11.4. The van der Waals surface area contributed by atoms with Crippen LogP contribution in [0.15, 0.2) is 12.3 Å². The molecule has 2 rings (SSSR count). The van der Waals surface area contributed by atoms with Gasteiger partial charge in [-0.2, -0.15) is 10.2 Å². The number of nitrogens with zero attached hydrogens (tertiary/aromatic N) is 4. The Balaban J connectivity index is 1.89. The highest BCUT2D eigenvalue weighted by atomic mass is 16.4. The molecule has 0 fully saturated rings. The lowest BCUT2D eigenvalue weighted by Crippen LogP contribution is -2.11. The van der Waals surface area contributed by atoms with E-state index in [0.717, 1.165) is 30.5 Å². The van der Waals surface area contributed by atoms with Crippen molar-refractivity contribution in [3.05, 3.63) is 34.9 Å². The molecule has 0 amide bonds. The van der Waals surface area contributed by atoms with E-state index in [-0.39, 0.29) is 11.4 Å². The zero-order chi connectivity index (χ0) is 17.7. The van der Waals surface area contributed by atoms with Crippen LogP contribution in [0.1, 0.15) is 58.4 Å². The van der Waals surface area contributed by atoms with Crippen LogP contribution in [0.5, 0.6) is 0 Å². The number of aryl methyl sites for hydroxylation is 3. The minimum Gasteiger partial charge on any atom is -0.477 e. The maximum absolute atomic E-state index is 11.4. The summed E-state index contributed by atoms with van der Waals surface area (Å²) >= 11 is 0. The molecule has 24 heavy (non-hydrogen) atoms. The van der Waals surface area contributed by atoms with Crippen LogP contribution in [0.4, 0.5) is 0 Å². The fraction of sp³-hybridized carbons (Fsp3) is 0.500. The Morgan fingerprint density at radius 1 is 1.12 bits per heavy atom. The first-order valence-corrected chi connectivity index (χ1v) is 8.00. The summed E-state index contributed by atoms with van der Waals surface area (Å²) in [4.78, 5) is 22.4. The molecule has 0 aliphatic rings. The molecule has 2 aromatic rings. The molecule has 0 saturated heterocycles.